The van der Waals surface area contributed by atoms with Crippen LogP contribution in [0.25, 0.3) is 5.57 Å². The summed E-state index contributed by atoms with van der Waals surface area (Å²) in [6.07, 6.45) is 2.22. The molecule has 0 bridgehead atoms. The highest BCUT2D eigenvalue weighted by Gasteiger charge is 2.38. The third-order valence-electron chi connectivity index (χ3n) is 5.23. The zero-order chi connectivity index (χ0) is 20.2. The van der Waals surface area contributed by atoms with Gasteiger partial charge < -0.3 is 5.32 Å². The number of anilines is 1. The standard InChI is InChI=1S/C25H20ClNO2/c26-20-13-11-18(12-14-20)22-15-19(17-7-3-1-4-8-17)16-23(28)24(22)25(29)27-21-9-5-2-6-10-21/h1-14,16,22,24H,15H2,(H,27,29)/t22-,24-/m0/s1. The molecule has 3 aromatic carbocycles. The number of allylic oxidation sites excluding steroid dienone is 2. The molecule has 0 fully saturated rings. The van der Waals surface area contributed by atoms with Crippen LogP contribution in [0.2, 0.25) is 5.02 Å². The predicted molar refractivity (Wildman–Crippen MR) is 117 cm³/mol. The van der Waals surface area contributed by atoms with Gasteiger partial charge in [0, 0.05) is 16.6 Å². The lowest BCUT2D eigenvalue weighted by Gasteiger charge is -2.30. The molecule has 29 heavy (non-hydrogen) atoms. The molecule has 0 unspecified atom stereocenters. The monoisotopic (exact) mass is 401 g/mol. The minimum absolute atomic E-state index is 0.177. The largest absolute Gasteiger partial charge is 0.325 e. The van der Waals surface area contributed by atoms with Gasteiger partial charge in [-0.05, 0) is 53.5 Å². The Hall–Kier alpha value is -3.17. The van der Waals surface area contributed by atoms with Gasteiger partial charge in [-0.2, -0.15) is 0 Å². The number of amides is 1. The Morgan fingerprint density at radius 1 is 0.862 bits per heavy atom. The zero-order valence-corrected chi connectivity index (χ0v) is 16.5. The quantitative estimate of drug-likeness (QED) is 0.567. The van der Waals surface area contributed by atoms with Gasteiger partial charge in [-0.1, -0.05) is 72.3 Å². The summed E-state index contributed by atoms with van der Waals surface area (Å²) in [6, 6.07) is 26.4. The molecular formula is C25H20ClNO2. The highest BCUT2D eigenvalue weighted by molar-refractivity contribution is 6.30. The van der Waals surface area contributed by atoms with Crippen LogP contribution in [0, 0.1) is 5.92 Å². The summed E-state index contributed by atoms with van der Waals surface area (Å²) in [7, 11) is 0. The number of halogens is 1. The molecule has 0 heterocycles. The maximum absolute atomic E-state index is 13.1. The lowest BCUT2D eigenvalue weighted by Crippen LogP contribution is -2.36. The minimum Gasteiger partial charge on any atom is -0.325 e. The SMILES string of the molecule is O=C1C=C(c2ccccc2)C[C@@H](c2ccc(Cl)cc2)[C@@H]1C(=O)Nc1ccccc1. The smallest absolute Gasteiger partial charge is 0.235 e. The summed E-state index contributed by atoms with van der Waals surface area (Å²) in [6.45, 7) is 0. The molecule has 1 amide bonds. The number of carbonyl (C=O) groups is 2. The first kappa shape index (κ1) is 19.2. The Labute approximate surface area is 175 Å². The van der Waals surface area contributed by atoms with Crippen LogP contribution < -0.4 is 5.32 Å². The highest BCUT2D eigenvalue weighted by atomic mass is 35.5. The summed E-state index contributed by atoms with van der Waals surface area (Å²) in [4.78, 5) is 26.2. The van der Waals surface area contributed by atoms with Crippen molar-refractivity contribution in [2.75, 3.05) is 5.32 Å². The fourth-order valence-corrected chi connectivity index (χ4v) is 3.93. The van der Waals surface area contributed by atoms with Gasteiger partial charge in [0.25, 0.3) is 0 Å². The molecule has 2 atom stereocenters. The number of ketones is 1. The molecule has 0 saturated carbocycles. The molecule has 0 spiro atoms. The number of nitrogens with one attached hydrogen (secondary N) is 1. The van der Waals surface area contributed by atoms with Crippen molar-refractivity contribution in [1.29, 1.82) is 0 Å². The van der Waals surface area contributed by atoms with E-state index >= 15 is 0 Å². The van der Waals surface area contributed by atoms with E-state index in [1.54, 1.807) is 18.2 Å². The van der Waals surface area contributed by atoms with Gasteiger partial charge in [-0.15, -0.1) is 0 Å². The third-order valence-corrected chi connectivity index (χ3v) is 5.48. The second kappa shape index (κ2) is 8.46. The Morgan fingerprint density at radius 3 is 2.14 bits per heavy atom. The number of carbonyl (C=O) groups excluding carboxylic acids is 2. The van der Waals surface area contributed by atoms with Crippen molar-refractivity contribution < 1.29 is 9.59 Å². The molecule has 1 aliphatic carbocycles. The van der Waals surface area contributed by atoms with Gasteiger partial charge >= 0.3 is 0 Å². The zero-order valence-electron chi connectivity index (χ0n) is 15.7. The van der Waals surface area contributed by atoms with Crippen LogP contribution in [0.15, 0.2) is 91.0 Å². The van der Waals surface area contributed by atoms with Crippen molar-refractivity contribution in [3.8, 4) is 0 Å². The summed E-state index contributed by atoms with van der Waals surface area (Å²) < 4.78 is 0. The Kier molecular flexibility index (Phi) is 5.59. The number of hydrogen-bond donors (Lipinski definition) is 1. The van der Waals surface area contributed by atoms with Gasteiger partial charge in [0.15, 0.2) is 5.78 Å². The highest BCUT2D eigenvalue weighted by Crippen LogP contribution is 2.40. The van der Waals surface area contributed by atoms with Crippen LogP contribution in [0.3, 0.4) is 0 Å². The van der Waals surface area contributed by atoms with Crippen LogP contribution in [-0.4, -0.2) is 11.7 Å². The molecule has 4 heteroatoms. The molecule has 0 saturated heterocycles. The Morgan fingerprint density at radius 2 is 1.48 bits per heavy atom. The van der Waals surface area contributed by atoms with Crippen LogP contribution in [0.1, 0.15) is 23.5 Å². The summed E-state index contributed by atoms with van der Waals surface area (Å²) in [5, 5.41) is 3.52. The molecule has 1 N–H and O–H groups in total. The van der Waals surface area contributed by atoms with Crippen molar-refractivity contribution in [2.24, 2.45) is 5.92 Å². The van der Waals surface area contributed by atoms with E-state index in [1.165, 1.54) is 0 Å². The molecule has 1 aliphatic rings. The predicted octanol–water partition coefficient (Wildman–Crippen LogP) is 5.73. The molecule has 0 aromatic heterocycles. The van der Waals surface area contributed by atoms with Crippen molar-refractivity contribution >= 4 is 34.6 Å². The first-order chi connectivity index (χ1) is 14.1. The van der Waals surface area contributed by atoms with Crippen molar-refractivity contribution in [2.45, 2.75) is 12.3 Å². The average Bonchev–Trinajstić information content (AvgIpc) is 2.75. The molecule has 144 valence electrons. The lowest BCUT2D eigenvalue weighted by atomic mass is 9.73. The van der Waals surface area contributed by atoms with E-state index in [0.29, 0.717) is 17.1 Å². The fourth-order valence-electron chi connectivity index (χ4n) is 3.80. The summed E-state index contributed by atoms with van der Waals surface area (Å²) in [5.41, 5.74) is 3.55. The fraction of sp³-hybridized carbons (Fsp3) is 0.120. The summed E-state index contributed by atoms with van der Waals surface area (Å²) >= 11 is 6.05. The first-order valence-electron chi connectivity index (χ1n) is 9.53. The number of rotatable bonds is 4. The van der Waals surface area contributed by atoms with E-state index in [9.17, 15) is 9.59 Å². The number of para-hydroxylation sites is 1. The van der Waals surface area contributed by atoms with E-state index in [0.717, 1.165) is 16.7 Å². The minimum atomic E-state index is -0.788. The van der Waals surface area contributed by atoms with Gasteiger partial charge in [-0.3, -0.25) is 9.59 Å². The van der Waals surface area contributed by atoms with Gasteiger partial charge in [-0.25, -0.2) is 0 Å². The lowest BCUT2D eigenvalue weighted by molar-refractivity contribution is -0.129. The van der Waals surface area contributed by atoms with Crippen LogP contribution in [-0.2, 0) is 9.59 Å². The topological polar surface area (TPSA) is 46.2 Å². The molecule has 4 rings (SSSR count). The second-order valence-corrected chi connectivity index (χ2v) is 7.57. The van der Waals surface area contributed by atoms with E-state index in [-0.39, 0.29) is 17.6 Å². The second-order valence-electron chi connectivity index (χ2n) is 7.13. The average molecular weight is 402 g/mol. The Balaban J connectivity index is 1.70. The van der Waals surface area contributed by atoms with Crippen molar-refractivity contribution in [1.82, 2.24) is 0 Å². The summed E-state index contributed by atoms with van der Waals surface area (Å²) in [5.74, 6) is -1.51. The van der Waals surface area contributed by atoms with Crippen molar-refractivity contribution in [3.05, 3.63) is 107 Å². The van der Waals surface area contributed by atoms with Crippen LogP contribution in [0.4, 0.5) is 5.69 Å². The van der Waals surface area contributed by atoms with E-state index in [4.69, 9.17) is 11.6 Å². The molecular weight excluding hydrogens is 382 g/mol. The van der Waals surface area contributed by atoms with Crippen LogP contribution in [0.5, 0.6) is 0 Å². The maximum Gasteiger partial charge on any atom is 0.235 e. The van der Waals surface area contributed by atoms with Gasteiger partial charge in [0.05, 0.1) is 0 Å². The number of benzene rings is 3. The molecule has 3 aromatic rings. The van der Waals surface area contributed by atoms with Crippen molar-refractivity contribution in [3.63, 3.8) is 0 Å². The van der Waals surface area contributed by atoms with Gasteiger partial charge in [0.1, 0.15) is 5.92 Å². The molecule has 0 radical (unpaired) electrons. The van der Waals surface area contributed by atoms with Gasteiger partial charge in [0.2, 0.25) is 5.91 Å². The van der Waals surface area contributed by atoms with E-state index in [1.807, 2.05) is 72.8 Å². The molecule has 0 aliphatic heterocycles. The van der Waals surface area contributed by atoms with Crippen LogP contribution >= 0.6 is 11.6 Å². The normalized spacial score (nSPS) is 18.8. The first-order valence-corrected chi connectivity index (χ1v) is 9.91. The van der Waals surface area contributed by atoms with E-state index in [2.05, 4.69) is 5.32 Å². The maximum atomic E-state index is 13.1. The number of hydrogen-bond acceptors (Lipinski definition) is 2. The Bertz CT molecular complexity index is 1040. The third kappa shape index (κ3) is 4.30. The van der Waals surface area contributed by atoms with E-state index < -0.39 is 5.92 Å². The molecule has 3 nitrogen and oxygen atoms in total.